The summed E-state index contributed by atoms with van der Waals surface area (Å²) in [5, 5.41) is 4.33. The molecule has 1 amide bonds. The van der Waals surface area contributed by atoms with Gasteiger partial charge in [0.05, 0.1) is 5.41 Å². The van der Waals surface area contributed by atoms with Gasteiger partial charge < -0.3 is 19.4 Å². The van der Waals surface area contributed by atoms with Gasteiger partial charge in [0.2, 0.25) is 12.7 Å². The fraction of sp³-hybridized carbons (Fsp3) is 0.400. The second-order valence-corrected chi connectivity index (χ2v) is 9.40. The van der Waals surface area contributed by atoms with Crippen LogP contribution in [0.15, 0.2) is 42.5 Å². The predicted octanol–water partition coefficient (Wildman–Crippen LogP) is 5.36. The Hall–Kier alpha value is -2.95. The molecule has 1 saturated carbocycles. The Kier molecular flexibility index (Phi) is 4.14. The number of hydrogen-bond donors (Lipinski definition) is 1. The van der Waals surface area contributed by atoms with Gasteiger partial charge in [0.25, 0.3) is 0 Å². The van der Waals surface area contributed by atoms with Gasteiger partial charge in [-0.05, 0) is 61.7 Å². The Balaban J connectivity index is 1.43. The molecule has 1 aromatic heterocycles. The summed E-state index contributed by atoms with van der Waals surface area (Å²) in [7, 11) is 0. The summed E-state index contributed by atoms with van der Waals surface area (Å²) in [5.41, 5.74) is 3.95. The Morgan fingerprint density at radius 1 is 1.07 bits per heavy atom. The summed E-state index contributed by atoms with van der Waals surface area (Å²) in [6.07, 6.45) is 1.70. The van der Waals surface area contributed by atoms with Crippen LogP contribution in [0.4, 0.5) is 5.69 Å². The Labute approximate surface area is 177 Å². The molecule has 0 spiro atoms. The van der Waals surface area contributed by atoms with Crippen molar-refractivity contribution in [3.8, 4) is 11.5 Å². The van der Waals surface area contributed by atoms with Gasteiger partial charge in [-0.25, -0.2) is 0 Å². The highest BCUT2D eigenvalue weighted by Gasteiger charge is 2.51. The normalized spacial score (nSPS) is 16.7. The van der Waals surface area contributed by atoms with Crippen LogP contribution in [0, 0.1) is 0 Å². The minimum Gasteiger partial charge on any atom is -0.454 e. The van der Waals surface area contributed by atoms with E-state index in [0.717, 1.165) is 47.5 Å². The van der Waals surface area contributed by atoms with E-state index in [0.29, 0.717) is 0 Å². The summed E-state index contributed by atoms with van der Waals surface area (Å²) in [4.78, 5) is 13.2. The van der Waals surface area contributed by atoms with E-state index in [1.54, 1.807) is 0 Å². The average molecular weight is 405 g/mol. The number of amides is 1. The van der Waals surface area contributed by atoms with Crippen LogP contribution in [0.3, 0.4) is 0 Å². The van der Waals surface area contributed by atoms with E-state index < -0.39 is 5.41 Å². The molecular weight excluding hydrogens is 376 g/mol. The van der Waals surface area contributed by atoms with Gasteiger partial charge in [-0.1, -0.05) is 26.8 Å². The minimum atomic E-state index is -0.470. The van der Waals surface area contributed by atoms with Crippen LogP contribution in [0.2, 0.25) is 0 Å². The smallest absolute Gasteiger partial charge is 0.235 e. The maximum Gasteiger partial charge on any atom is 0.235 e. The van der Waals surface area contributed by atoms with Gasteiger partial charge >= 0.3 is 0 Å². The molecule has 0 radical (unpaired) electrons. The van der Waals surface area contributed by atoms with Gasteiger partial charge in [-0.3, -0.25) is 4.79 Å². The molecule has 1 N–H and O–H groups in total. The first-order valence-electron chi connectivity index (χ1n) is 10.7. The lowest BCUT2D eigenvalue weighted by atomic mass is 9.92. The maximum absolute atomic E-state index is 13.2. The molecule has 2 aromatic carbocycles. The number of aromatic nitrogens is 1. The highest BCUT2D eigenvalue weighted by molar-refractivity contribution is 6.02. The third-order valence-electron chi connectivity index (χ3n) is 6.35. The number of fused-ring (bicyclic) bond motifs is 2. The van der Waals surface area contributed by atoms with Crippen molar-refractivity contribution in [1.82, 2.24) is 4.57 Å². The van der Waals surface area contributed by atoms with Crippen molar-refractivity contribution in [2.45, 2.75) is 57.9 Å². The second-order valence-electron chi connectivity index (χ2n) is 9.40. The quantitative estimate of drug-likeness (QED) is 0.637. The highest BCUT2D eigenvalue weighted by Crippen LogP contribution is 2.51. The molecule has 1 fully saturated rings. The molecule has 0 bridgehead atoms. The molecule has 2 aliphatic rings. The lowest BCUT2D eigenvalue weighted by Crippen LogP contribution is -2.27. The number of anilines is 1. The predicted molar refractivity (Wildman–Crippen MR) is 118 cm³/mol. The third kappa shape index (κ3) is 2.95. The SMILES string of the molecule is CCn1c(C(C)(C)C)cc2cc(NC(=O)C3(c4ccc5c(c4)OCO5)CC3)ccc21. The van der Waals surface area contributed by atoms with Crippen LogP contribution in [0.25, 0.3) is 10.9 Å². The zero-order valence-electron chi connectivity index (χ0n) is 18.0. The highest BCUT2D eigenvalue weighted by atomic mass is 16.7. The number of rotatable bonds is 4. The average Bonchev–Trinajstić information content (AvgIpc) is 3.23. The lowest BCUT2D eigenvalue weighted by Gasteiger charge is -2.21. The van der Waals surface area contributed by atoms with E-state index in [1.165, 1.54) is 11.2 Å². The van der Waals surface area contributed by atoms with Crippen molar-refractivity contribution in [1.29, 1.82) is 0 Å². The second kappa shape index (κ2) is 6.53. The van der Waals surface area contributed by atoms with Crippen molar-refractivity contribution in [3.63, 3.8) is 0 Å². The molecule has 1 aliphatic carbocycles. The van der Waals surface area contributed by atoms with Crippen molar-refractivity contribution in [2.24, 2.45) is 0 Å². The Bertz CT molecular complexity index is 1150. The molecule has 30 heavy (non-hydrogen) atoms. The standard InChI is InChI=1S/C25H28N2O3/c1-5-27-19-8-7-18(12-16(19)13-22(27)24(2,3)4)26-23(28)25(10-11-25)17-6-9-20-21(14-17)30-15-29-20/h6-9,12-14H,5,10-11,15H2,1-4H3,(H,26,28). The molecule has 1 aliphatic heterocycles. The lowest BCUT2D eigenvalue weighted by molar-refractivity contribution is -0.118. The number of carbonyl (C=O) groups is 1. The zero-order valence-corrected chi connectivity index (χ0v) is 18.0. The number of nitrogens with one attached hydrogen (secondary N) is 1. The summed E-state index contributed by atoms with van der Waals surface area (Å²) < 4.78 is 13.3. The van der Waals surface area contributed by atoms with E-state index >= 15 is 0 Å². The molecule has 0 unspecified atom stereocenters. The fourth-order valence-corrected chi connectivity index (χ4v) is 4.53. The largest absolute Gasteiger partial charge is 0.454 e. The first kappa shape index (κ1) is 19.0. The van der Waals surface area contributed by atoms with Crippen LogP contribution < -0.4 is 14.8 Å². The van der Waals surface area contributed by atoms with Crippen molar-refractivity contribution in [2.75, 3.05) is 12.1 Å². The van der Waals surface area contributed by atoms with Gasteiger partial charge in [-0.15, -0.1) is 0 Å². The first-order valence-corrected chi connectivity index (χ1v) is 10.7. The van der Waals surface area contributed by atoms with E-state index in [9.17, 15) is 4.79 Å². The van der Waals surface area contributed by atoms with E-state index in [4.69, 9.17) is 9.47 Å². The fourth-order valence-electron chi connectivity index (χ4n) is 4.53. The summed E-state index contributed by atoms with van der Waals surface area (Å²) in [5.74, 6) is 1.52. The topological polar surface area (TPSA) is 52.5 Å². The molecule has 2 heterocycles. The van der Waals surface area contributed by atoms with Crippen LogP contribution >= 0.6 is 0 Å². The van der Waals surface area contributed by atoms with Gasteiger partial charge in [0.1, 0.15) is 0 Å². The minimum absolute atomic E-state index is 0.0479. The Morgan fingerprint density at radius 2 is 1.83 bits per heavy atom. The molecule has 5 nitrogen and oxygen atoms in total. The van der Waals surface area contributed by atoms with E-state index in [1.807, 2.05) is 24.3 Å². The summed E-state index contributed by atoms with van der Waals surface area (Å²) in [6.45, 7) is 10.0. The number of aryl methyl sites for hydroxylation is 1. The number of carbonyl (C=O) groups excluding carboxylic acids is 1. The van der Waals surface area contributed by atoms with E-state index in [-0.39, 0.29) is 18.1 Å². The zero-order chi connectivity index (χ0) is 21.1. The van der Waals surface area contributed by atoms with E-state index in [2.05, 4.69) is 55.8 Å². The number of benzene rings is 2. The molecule has 3 aromatic rings. The van der Waals surface area contributed by atoms with Crippen molar-refractivity contribution < 1.29 is 14.3 Å². The molecule has 0 atom stereocenters. The van der Waals surface area contributed by atoms with Gasteiger partial charge in [-0.2, -0.15) is 0 Å². The summed E-state index contributed by atoms with van der Waals surface area (Å²) in [6, 6.07) is 14.3. The molecule has 0 saturated heterocycles. The Morgan fingerprint density at radius 3 is 2.53 bits per heavy atom. The number of hydrogen-bond acceptors (Lipinski definition) is 3. The molecule has 5 heteroatoms. The first-order chi connectivity index (χ1) is 14.3. The van der Waals surface area contributed by atoms with Crippen molar-refractivity contribution >= 4 is 22.5 Å². The number of ether oxygens (including phenoxy) is 2. The summed E-state index contributed by atoms with van der Waals surface area (Å²) >= 11 is 0. The number of nitrogens with zero attached hydrogens (tertiary/aromatic N) is 1. The maximum atomic E-state index is 13.2. The van der Waals surface area contributed by atoms with Crippen LogP contribution in [0.1, 0.15) is 51.8 Å². The monoisotopic (exact) mass is 404 g/mol. The molecular formula is C25H28N2O3. The van der Waals surface area contributed by atoms with Crippen LogP contribution in [-0.2, 0) is 22.2 Å². The third-order valence-corrected chi connectivity index (χ3v) is 6.35. The van der Waals surface area contributed by atoms with Gasteiger partial charge in [0, 0.05) is 34.2 Å². The molecule has 156 valence electrons. The van der Waals surface area contributed by atoms with Gasteiger partial charge in [0.15, 0.2) is 11.5 Å². The van der Waals surface area contributed by atoms with Crippen molar-refractivity contribution in [3.05, 3.63) is 53.7 Å². The molecule has 5 rings (SSSR count). The van der Waals surface area contributed by atoms with Crippen LogP contribution in [0.5, 0.6) is 11.5 Å². The van der Waals surface area contributed by atoms with Crippen LogP contribution in [-0.4, -0.2) is 17.3 Å².